The van der Waals surface area contributed by atoms with Gasteiger partial charge in [0.25, 0.3) is 5.91 Å². The molecule has 1 aromatic rings. The van der Waals surface area contributed by atoms with Gasteiger partial charge in [0.2, 0.25) is 0 Å². The van der Waals surface area contributed by atoms with Crippen LogP contribution in [0.1, 0.15) is 37.2 Å². The van der Waals surface area contributed by atoms with E-state index in [2.05, 4.69) is 18.9 Å². The fourth-order valence-electron chi connectivity index (χ4n) is 2.59. The van der Waals surface area contributed by atoms with Gasteiger partial charge in [-0.1, -0.05) is 13.8 Å². The summed E-state index contributed by atoms with van der Waals surface area (Å²) in [5.41, 5.74) is 6.65. The van der Waals surface area contributed by atoms with Crippen LogP contribution in [0, 0.1) is 11.8 Å². The Bertz CT molecular complexity index is 430. The van der Waals surface area contributed by atoms with Gasteiger partial charge in [-0.3, -0.25) is 9.48 Å². The van der Waals surface area contributed by atoms with Gasteiger partial charge in [-0.2, -0.15) is 5.10 Å². The summed E-state index contributed by atoms with van der Waals surface area (Å²) in [6, 6.07) is 0. The normalized spacial score (nSPS) is 17.4. The molecule has 1 saturated heterocycles. The van der Waals surface area contributed by atoms with Crippen LogP contribution in [0.3, 0.4) is 0 Å². The Hall–Kier alpha value is -1.52. The lowest BCUT2D eigenvalue weighted by Gasteiger charge is -2.33. The van der Waals surface area contributed by atoms with Gasteiger partial charge in [0.1, 0.15) is 0 Å². The van der Waals surface area contributed by atoms with Crippen LogP contribution in [0.15, 0.2) is 6.20 Å². The van der Waals surface area contributed by atoms with Gasteiger partial charge < -0.3 is 10.6 Å². The van der Waals surface area contributed by atoms with E-state index in [-0.39, 0.29) is 5.91 Å². The molecule has 5 nitrogen and oxygen atoms in total. The predicted molar refractivity (Wildman–Crippen MR) is 71.1 cm³/mol. The van der Waals surface area contributed by atoms with Crippen molar-refractivity contribution in [2.45, 2.75) is 26.7 Å². The van der Waals surface area contributed by atoms with E-state index in [1.807, 2.05) is 4.90 Å². The summed E-state index contributed by atoms with van der Waals surface area (Å²) in [7, 11) is 1.78. The Balaban J connectivity index is 2.02. The van der Waals surface area contributed by atoms with Crippen molar-refractivity contribution in [2.75, 3.05) is 18.8 Å². The molecule has 1 aliphatic heterocycles. The standard InChI is InChI=1S/C13H22N4O/c1-9(2)10-4-6-17(7-5-10)13(18)12-11(14)8-16(3)15-12/h8-10H,4-7,14H2,1-3H3. The molecule has 0 spiro atoms. The summed E-state index contributed by atoms with van der Waals surface area (Å²) < 4.78 is 1.59. The van der Waals surface area contributed by atoms with Crippen molar-refractivity contribution < 1.29 is 4.79 Å². The molecule has 5 heteroatoms. The number of aromatic nitrogens is 2. The molecule has 0 aromatic carbocycles. The molecular formula is C13H22N4O. The Labute approximate surface area is 108 Å². The van der Waals surface area contributed by atoms with Gasteiger partial charge in [0.15, 0.2) is 5.69 Å². The predicted octanol–water partition coefficient (Wildman–Crippen LogP) is 1.51. The number of nitrogen functional groups attached to an aromatic ring is 1. The van der Waals surface area contributed by atoms with E-state index < -0.39 is 0 Å². The molecule has 2 N–H and O–H groups in total. The molecule has 1 aromatic heterocycles. The minimum absolute atomic E-state index is 0.0321. The van der Waals surface area contributed by atoms with Crippen LogP contribution in [0.5, 0.6) is 0 Å². The molecule has 1 amide bonds. The Morgan fingerprint density at radius 2 is 2.06 bits per heavy atom. The zero-order valence-electron chi connectivity index (χ0n) is 11.4. The molecule has 1 fully saturated rings. The molecule has 0 atom stereocenters. The van der Waals surface area contributed by atoms with Crippen LogP contribution in [0.2, 0.25) is 0 Å². The minimum Gasteiger partial charge on any atom is -0.396 e. The Kier molecular flexibility index (Phi) is 3.59. The number of carbonyl (C=O) groups is 1. The van der Waals surface area contributed by atoms with Gasteiger partial charge in [0, 0.05) is 26.3 Å². The number of likely N-dealkylation sites (tertiary alicyclic amines) is 1. The maximum Gasteiger partial charge on any atom is 0.276 e. The first-order valence-electron chi connectivity index (χ1n) is 6.57. The van der Waals surface area contributed by atoms with E-state index in [0.29, 0.717) is 17.3 Å². The molecule has 0 aliphatic carbocycles. The van der Waals surface area contributed by atoms with Gasteiger partial charge in [-0.05, 0) is 24.7 Å². The zero-order valence-corrected chi connectivity index (χ0v) is 11.4. The SMILES string of the molecule is CC(C)C1CCN(C(=O)c2nn(C)cc2N)CC1. The third-order valence-electron chi connectivity index (χ3n) is 3.83. The Morgan fingerprint density at radius 3 is 2.50 bits per heavy atom. The number of rotatable bonds is 2. The quantitative estimate of drug-likeness (QED) is 0.865. The van der Waals surface area contributed by atoms with Gasteiger partial charge in [0.05, 0.1) is 5.69 Å². The van der Waals surface area contributed by atoms with Crippen molar-refractivity contribution in [1.82, 2.24) is 14.7 Å². The summed E-state index contributed by atoms with van der Waals surface area (Å²) in [5, 5.41) is 4.14. The van der Waals surface area contributed by atoms with Gasteiger partial charge in [-0.25, -0.2) is 0 Å². The molecule has 0 unspecified atom stereocenters. The van der Waals surface area contributed by atoms with Crippen LogP contribution < -0.4 is 5.73 Å². The second-order valence-electron chi connectivity index (χ2n) is 5.48. The number of amides is 1. The average molecular weight is 250 g/mol. The Morgan fingerprint density at radius 1 is 1.44 bits per heavy atom. The topological polar surface area (TPSA) is 64.2 Å². The molecule has 100 valence electrons. The van der Waals surface area contributed by atoms with E-state index in [1.165, 1.54) is 0 Å². The fourth-order valence-corrected chi connectivity index (χ4v) is 2.59. The zero-order chi connectivity index (χ0) is 13.3. The van der Waals surface area contributed by atoms with Crippen molar-refractivity contribution >= 4 is 11.6 Å². The molecule has 0 bridgehead atoms. The van der Waals surface area contributed by atoms with Crippen LogP contribution >= 0.6 is 0 Å². The first-order chi connectivity index (χ1) is 8.49. The monoisotopic (exact) mass is 250 g/mol. The fraction of sp³-hybridized carbons (Fsp3) is 0.692. The molecule has 2 rings (SSSR count). The highest BCUT2D eigenvalue weighted by molar-refractivity contribution is 5.97. The smallest absolute Gasteiger partial charge is 0.276 e. The van der Waals surface area contributed by atoms with Crippen molar-refractivity contribution in [3.63, 3.8) is 0 Å². The molecule has 1 aliphatic rings. The number of piperidine rings is 1. The molecule has 18 heavy (non-hydrogen) atoms. The minimum atomic E-state index is -0.0321. The van der Waals surface area contributed by atoms with E-state index >= 15 is 0 Å². The number of nitrogens with zero attached hydrogens (tertiary/aromatic N) is 3. The highest BCUT2D eigenvalue weighted by Gasteiger charge is 2.27. The summed E-state index contributed by atoms with van der Waals surface area (Å²) in [6.07, 6.45) is 3.83. The van der Waals surface area contributed by atoms with Crippen LogP contribution in [-0.2, 0) is 7.05 Å². The highest BCUT2D eigenvalue weighted by atomic mass is 16.2. The van der Waals surface area contributed by atoms with Gasteiger partial charge >= 0.3 is 0 Å². The lowest BCUT2D eigenvalue weighted by molar-refractivity contribution is 0.0662. The summed E-state index contributed by atoms with van der Waals surface area (Å²) >= 11 is 0. The maximum absolute atomic E-state index is 12.3. The third kappa shape index (κ3) is 2.49. The largest absolute Gasteiger partial charge is 0.396 e. The first-order valence-corrected chi connectivity index (χ1v) is 6.57. The van der Waals surface area contributed by atoms with Crippen molar-refractivity contribution in [3.8, 4) is 0 Å². The van der Waals surface area contributed by atoms with E-state index in [4.69, 9.17) is 5.73 Å². The van der Waals surface area contributed by atoms with Gasteiger partial charge in [-0.15, -0.1) is 0 Å². The van der Waals surface area contributed by atoms with Crippen molar-refractivity contribution in [2.24, 2.45) is 18.9 Å². The van der Waals surface area contributed by atoms with Crippen molar-refractivity contribution in [3.05, 3.63) is 11.9 Å². The van der Waals surface area contributed by atoms with E-state index in [9.17, 15) is 4.79 Å². The summed E-state index contributed by atoms with van der Waals surface area (Å²) in [6.45, 7) is 6.13. The molecule has 0 saturated carbocycles. The van der Waals surface area contributed by atoms with E-state index in [0.717, 1.165) is 31.8 Å². The average Bonchev–Trinajstić information content (AvgIpc) is 2.67. The first kappa shape index (κ1) is 12.9. The lowest BCUT2D eigenvalue weighted by atomic mass is 9.86. The number of nitrogens with two attached hydrogens (primary N) is 1. The van der Waals surface area contributed by atoms with Crippen LogP contribution in [0.4, 0.5) is 5.69 Å². The maximum atomic E-state index is 12.3. The number of carbonyl (C=O) groups excluding carboxylic acids is 1. The second-order valence-corrected chi connectivity index (χ2v) is 5.48. The van der Waals surface area contributed by atoms with E-state index in [1.54, 1.807) is 17.9 Å². The third-order valence-corrected chi connectivity index (χ3v) is 3.83. The molecule has 2 heterocycles. The number of hydrogen-bond acceptors (Lipinski definition) is 3. The number of anilines is 1. The van der Waals surface area contributed by atoms with Crippen LogP contribution in [0.25, 0.3) is 0 Å². The summed E-state index contributed by atoms with van der Waals surface area (Å²) in [5.74, 6) is 1.40. The van der Waals surface area contributed by atoms with Crippen molar-refractivity contribution in [1.29, 1.82) is 0 Å². The number of hydrogen-bond donors (Lipinski definition) is 1. The highest BCUT2D eigenvalue weighted by Crippen LogP contribution is 2.25. The number of aryl methyl sites for hydroxylation is 1. The molecule has 0 radical (unpaired) electrons. The lowest BCUT2D eigenvalue weighted by Crippen LogP contribution is -2.40. The summed E-state index contributed by atoms with van der Waals surface area (Å²) in [4.78, 5) is 14.2. The molecular weight excluding hydrogens is 228 g/mol. The van der Waals surface area contributed by atoms with Crippen LogP contribution in [-0.4, -0.2) is 33.7 Å². The second kappa shape index (κ2) is 5.00.